The number of amides is 4. The van der Waals surface area contributed by atoms with E-state index in [2.05, 4.69) is 16.0 Å². The van der Waals surface area contributed by atoms with Gasteiger partial charge in [0.25, 0.3) is 0 Å². The molecule has 1 saturated heterocycles. The summed E-state index contributed by atoms with van der Waals surface area (Å²) in [5, 5.41) is 8.65. The smallest absolute Gasteiger partial charge is 0.321 e. The van der Waals surface area contributed by atoms with Crippen LogP contribution in [0.25, 0.3) is 0 Å². The quantitative estimate of drug-likeness (QED) is 0.489. The van der Waals surface area contributed by atoms with Crippen LogP contribution >= 0.6 is 0 Å². The van der Waals surface area contributed by atoms with E-state index in [9.17, 15) is 14.4 Å². The standard InChI is InChI=1S/C26H34N4O6/c1-17(31)27-22(15-18-9-10-20(34-2)16-24(18)36-4)25(32)28-19-11-13-30(14-12-19)26(33)29-21-7-5-6-8-23(21)35-3/h5-10,16,19,22H,11-15H2,1-4H3,(H,27,31)(H,28,32)(H,29,33). The van der Waals surface area contributed by atoms with Crippen molar-refractivity contribution in [2.24, 2.45) is 0 Å². The summed E-state index contributed by atoms with van der Waals surface area (Å²) in [6, 6.07) is 11.5. The molecule has 3 rings (SSSR count). The molecule has 1 heterocycles. The van der Waals surface area contributed by atoms with Crippen molar-refractivity contribution in [2.75, 3.05) is 39.7 Å². The molecule has 2 aromatic carbocycles. The van der Waals surface area contributed by atoms with Crippen molar-refractivity contribution in [3.05, 3.63) is 48.0 Å². The summed E-state index contributed by atoms with van der Waals surface area (Å²) in [6.45, 7) is 2.36. The van der Waals surface area contributed by atoms with Gasteiger partial charge in [-0.1, -0.05) is 18.2 Å². The summed E-state index contributed by atoms with van der Waals surface area (Å²) in [6.07, 6.45) is 1.46. The van der Waals surface area contributed by atoms with Gasteiger partial charge in [0.15, 0.2) is 0 Å². The molecule has 0 saturated carbocycles. The minimum absolute atomic E-state index is 0.109. The van der Waals surface area contributed by atoms with Crippen LogP contribution in [0.2, 0.25) is 0 Å². The van der Waals surface area contributed by atoms with Gasteiger partial charge in [0, 0.05) is 38.5 Å². The molecule has 1 unspecified atom stereocenters. The lowest BCUT2D eigenvalue weighted by atomic mass is 10.0. The number of methoxy groups -OCH3 is 3. The molecule has 3 N–H and O–H groups in total. The number of carbonyl (C=O) groups is 3. The number of para-hydroxylation sites is 2. The molecule has 10 nitrogen and oxygen atoms in total. The third kappa shape index (κ3) is 7.03. The van der Waals surface area contributed by atoms with E-state index in [1.54, 1.807) is 50.5 Å². The fraction of sp³-hybridized carbons (Fsp3) is 0.423. The summed E-state index contributed by atoms with van der Waals surface area (Å²) >= 11 is 0. The predicted molar refractivity (Wildman–Crippen MR) is 136 cm³/mol. The van der Waals surface area contributed by atoms with Crippen LogP contribution < -0.4 is 30.2 Å². The van der Waals surface area contributed by atoms with Crippen molar-refractivity contribution in [2.45, 2.75) is 38.3 Å². The highest BCUT2D eigenvalue weighted by Crippen LogP contribution is 2.26. The Kier molecular flexibility index (Phi) is 9.38. The zero-order valence-corrected chi connectivity index (χ0v) is 21.1. The number of piperidine rings is 1. The maximum Gasteiger partial charge on any atom is 0.321 e. The van der Waals surface area contributed by atoms with Crippen LogP contribution in [0.15, 0.2) is 42.5 Å². The summed E-state index contributed by atoms with van der Waals surface area (Å²) in [5.41, 5.74) is 1.38. The zero-order valence-electron chi connectivity index (χ0n) is 21.1. The first kappa shape index (κ1) is 26.7. The minimum Gasteiger partial charge on any atom is -0.497 e. The second-order valence-corrected chi connectivity index (χ2v) is 8.54. The van der Waals surface area contributed by atoms with E-state index in [1.165, 1.54) is 6.92 Å². The second-order valence-electron chi connectivity index (χ2n) is 8.54. The molecule has 194 valence electrons. The minimum atomic E-state index is -0.767. The average Bonchev–Trinajstić information content (AvgIpc) is 2.88. The molecule has 2 aromatic rings. The monoisotopic (exact) mass is 498 g/mol. The Morgan fingerprint density at radius 3 is 2.31 bits per heavy atom. The molecule has 0 aromatic heterocycles. The molecular weight excluding hydrogens is 464 g/mol. The van der Waals surface area contributed by atoms with Crippen molar-refractivity contribution in [1.82, 2.24) is 15.5 Å². The average molecular weight is 499 g/mol. The first-order chi connectivity index (χ1) is 17.3. The summed E-state index contributed by atoms with van der Waals surface area (Å²) < 4.78 is 16.0. The number of ether oxygens (including phenoxy) is 3. The number of carbonyl (C=O) groups excluding carboxylic acids is 3. The van der Waals surface area contributed by atoms with Gasteiger partial charge >= 0.3 is 6.03 Å². The number of benzene rings is 2. The van der Waals surface area contributed by atoms with Crippen LogP contribution in [0.4, 0.5) is 10.5 Å². The number of hydrogen-bond acceptors (Lipinski definition) is 6. The van der Waals surface area contributed by atoms with Crippen molar-refractivity contribution in [3.63, 3.8) is 0 Å². The molecule has 0 aliphatic carbocycles. The maximum atomic E-state index is 13.1. The normalized spacial score (nSPS) is 14.4. The lowest BCUT2D eigenvalue weighted by Crippen LogP contribution is -2.53. The zero-order chi connectivity index (χ0) is 26.1. The molecule has 4 amide bonds. The van der Waals surface area contributed by atoms with Crippen molar-refractivity contribution in [1.29, 1.82) is 0 Å². The topological polar surface area (TPSA) is 118 Å². The van der Waals surface area contributed by atoms with E-state index < -0.39 is 6.04 Å². The molecule has 1 atom stereocenters. The van der Waals surface area contributed by atoms with E-state index >= 15 is 0 Å². The third-order valence-corrected chi connectivity index (χ3v) is 6.09. The van der Waals surface area contributed by atoms with Crippen LogP contribution in [-0.2, 0) is 16.0 Å². The van der Waals surface area contributed by atoms with Crippen LogP contribution in [0, 0.1) is 0 Å². The van der Waals surface area contributed by atoms with Gasteiger partial charge in [0.1, 0.15) is 23.3 Å². The Bertz CT molecular complexity index is 1070. The van der Waals surface area contributed by atoms with Crippen LogP contribution in [-0.4, -0.2) is 69.2 Å². The Morgan fingerprint density at radius 1 is 0.972 bits per heavy atom. The van der Waals surface area contributed by atoms with Gasteiger partial charge in [-0.2, -0.15) is 0 Å². The molecule has 1 aliphatic heterocycles. The third-order valence-electron chi connectivity index (χ3n) is 6.09. The molecule has 1 aliphatic rings. The molecule has 10 heteroatoms. The first-order valence-corrected chi connectivity index (χ1v) is 11.8. The molecule has 0 spiro atoms. The number of anilines is 1. The van der Waals surface area contributed by atoms with Gasteiger partial charge in [-0.15, -0.1) is 0 Å². The van der Waals surface area contributed by atoms with Crippen LogP contribution in [0.5, 0.6) is 17.2 Å². The van der Waals surface area contributed by atoms with E-state index in [4.69, 9.17) is 14.2 Å². The van der Waals surface area contributed by atoms with Gasteiger partial charge in [0.05, 0.1) is 27.0 Å². The molecule has 0 radical (unpaired) electrons. The van der Waals surface area contributed by atoms with E-state index in [-0.39, 0.29) is 30.3 Å². The van der Waals surface area contributed by atoms with Gasteiger partial charge in [-0.05, 0) is 36.6 Å². The van der Waals surface area contributed by atoms with Gasteiger partial charge < -0.3 is 35.1 Å². The molecule has 1 fully saturated rings. The number of likely N-dealkylation sites (tertiary alicyclic amines) is 1. The second kappa shape index (κ2) is 12.7. The van der Waals surface area contributed by atoms with Gasteiger partial charge in [0.2, 0.25) is 11.8 Å². The van der Waals surface area contributed by atoms with E-state index in [1.807, 2.05) is 18.2 Å². The lowest BCUT2D eigenvalue weighted by molar-refractivity contribution is -0.128. The Morgan fingerprint density at radius 2 is 1.67 bits per heavy atom. The number of nitrogens with zero attached hydrogens (tertiary/aromatic N) is 1. The highest BCUT2D eigenvalue weighted by molar-refractivity contribution is 5.91. The summed E-state index contributed by atoms with van der Waals surface area (Å²) in [7, 11) is 4.66. The van der Waals surface area contributed by atoms with E-state index in [0.29, 0.717) is 48.9 Å². The van der Waals surface area contributed by atoms with Crippen LogP contribution in [0.3, 0.4) is 0 Å². The molecule has 36 heavy (non-hydrogen) atoms. The van der Waals surface area contributed by atoms with Crippen molar-refractivity contribution in [3.8, 4) is 17.2 Å². The molecular formula is C26H34N4O6. The van der Waals surface area contributed by atoms with E-state index in [0.717, 1.165) is 5.56 Å². The summed E-state index contributed by atoms with van der Waals surface area (Å²) in [5.74, 6) is 1.22. The lowest BCUT2D eigenvalue weighted by Gasteiger charge is -2.33. The SMILES string of the molecule is COc1ccc(CC(NC(C)=O)C(=O)NC2CCN(C(=O)Nc3ccccc3OC)CC2)c(OC)c1. The number of rotatable bonds is 9. The van der Waals surface area contributed by atoms with Gasteiger partial charge in [-0.3, -0.25) is 9.59 Å². The highest BCUT2D eigenvalue weighted by Gasteiger charge is 2.28. The van der Waals surface area contributed by atoms with Gasteiger partial charge in [-0.25, -0.2) is 4.79 Å². The Hall–Kier alpha value is -3.95. The Labute approximate surface area is 211 Å². The first-order valence-electron chi connectivity index (χ1n) is 11.8. The fourth-order valence-corrected chi connectivity index (χ4v) is 4.17. The maximum absolute atomic E-state index is 13.1. The van der Waals surface area contributed by atoms with Crippen LogP contribution in [0.1, 0.15) is 25.3 Å². The number of hydrogen-bond donors (Lipinski definition) is 3. The summed E-state index contributed by atoms with van der Waals surface area (Å²) in [4.78, 5) is 39.3. The largest absolute Gasteiger partial charge is 0.497 e. The van der Waals surface area contributed by atoms with Crippen molar-refractivity contribution < 1.29 is 28.6 Å². The highest BCUT2D eigenvalue weighted by atomic mass is 16.5. The Balaban J connectivity index is 1.57. The predicted octanol–water partition coefficient (Wildman–Crippen LogP) is 2.57. The molecule has 0 bridgehead atoms. The fourth-order valence-electron chi connectivity index (χ4n) is 4.17. The number of nitrogens with one attached hydrogen (secondary N) is 3. The van der Waals surface area contributed by atoms with Crippen molar-refractivity contribution >= 4 is 23.5 Å². The number of urea groups is 1.